The van der Waals surface area contributed by atoms with Gasteiger partial charge in [-0.1, -0.05) is 35.4 Å². The molecule has 1 aliphatic carbocycles. The Hall–Kier alpha value is -1.74. The molecule has 0 bridgehead atoms. The summed E-state index contributed by atoms with van der Waals surface area (Å²) in [6.07, 6.45) is 2.34. The third-order valence-corrected chi connectivity index (χ3v) is 9.77. The van der Waals surface area contributed by atoms with E-state index >= 15 is 0 Å². The maximum absolute atomic E-state index is 13.0. The Labute approximate surface area is 192 Å². The predicted molar refractivity (Wildman–Crippen MR) is 128 cm³/mol. The molecule has 0 heterocycles. The van der Waals surface area contributed by atoms with E-state index < -0.39 is 20.0 Å². The fourth-order valence-electron chi connectivity index (χ4n) is 5.07. The Balaban J connectivity index is 1.67. The number of benzene rings is 2. The van der Waals surface area contributed by atoms with Crippen molar-refractivity contribution in [2.24, 2.45) is 0 Å². The Morgan fingerprint density at radius 2 is 0.812 bits per heavy atom. The van der Waals surface area contributed by atoms with Gasteiger partial charge in [-0.3, -0.25) is 0 Å². The zero-order valence-corrected chi connectivity index (χ0v) is 21.4. The molecule has 2 aromatic rings. The van der Waals surface area contributed by atoms with Gasteiger partial charge in [0.15, 0.2) is 0 Å². The molecule has 8 heteroatoms. The molecule has 0 unspecified atom stereocenters. The second-order valence-electron chi connectivity index (χ2n) is 9.25. The lowest BCUT2D eigenvalue weighted by Crippen LogP contribution is -2.44. The van der Waals surface area contributed by atoms with Gasteiger partial charge in [-0.15, -0.1) is 0 Å². The Kier molecular flexibility index (Phi) is 7.20. The Bertz CT molecular complexity index is 1080. The molecule has 2 aromatic carbocycles. The SMILES string of the molecule is Cc1cc(C)c(S(=O)(=O)NC2CCC(NS(=O)(=O)c3c(C)cc(C)cc3C)CC2)c(C)c1. The van der Waals surface area contributed by atoms with E-state index in [1.807, 2.05) is 65.8 Å². The van der Waals surface area contributed by atoms with Crippen molar-refractivity contribution in [3.8, 4) is 0 Å². The molecule has 6 nitrogen and oxygen atoms in total. The topological polar surface area (TPSA) is 92.3 Å². The average Bonchev–Trinajstić information content (AvgIpc) is 2.60. The fourth-order valence-corrected chi connectivity index (χ4v) is 8.58. The summed E-state index contributed by atoms with van der Waals surface area (Å²) in [5.74, 6) is 0. The summed E-state index contributed by atoms with van der Waals surface area (Å²) >= 11 is 0. The molecule has 1 fully saturated rings. The quantitative estimate of drug-likeness (QED) is 0.654. The molecule has 1 saturated carbocycles. The van der Waals surface area contributed by atoms with Crippen LogP contribution >= 0.6 is 0 Å². The van der Waals surface area contributed by atoms with Crippen molar-refractivity contribution in [3.05, 3.63) is 57.6 Å². The van der Waals surface area contributed by atoms with Crippen LogP contribution in [0.2, 0.25) is 0 Å². The minimum atomic E-state index is -3.64. The molecule has 0 spiro atoms. The van der Waals surface area contributed by atoms with Crippen molar-refractivity contribution in [2.45, 2.75) is 89.1 Å². The van der Waals surface area contributed by atoms with Crippen molar-refractivity contribution in [1.82, 2.24) is 9.44 Å². The molecule has 0 aliphatic heterocycles. The monoisotopic (exact) mass is 478 g/mol. The molecule has 1 aliphatic rings. The highest BCUT2D eigenvalue weighted by Crippen LogP contribution is 2.27. The van der Waals surface area contributed by atoms with Gasteiger partial charge in [-0.25, -0.2) is 26.3 Å². The summed E-state index contributed by atoms with van der Waals surface area (Å²) in [6.45, 7) is 11.2. The zero-order valence-electron chi connectivity index (χ0n) is 19.7. The van der Waals surface area contributed by atoms with Crippen molar-refractivity contribution in [3.63, 3.8) is 0 Å². The van der Waals surface area contributed by atoms with Gasteiger partial charge < -0.3 is 0 Å². The van der Waals surface area contributed by atoms with Gasteiger partial charge in [-0.2, -0.15) is 0 Å². The number of rotatable bonds is 6. The highest BCUT2D eigenvalue weighted by atomic mass is 32.2. The lowest BCUT2D eigenvalue weighted by molar-refractivity contribution is 0.356. The zero-order chi connectivity index (χ0) is 23.8. The van der Waals surface area contributed by atoms with Gasteiger partial charge in [0, 0.05) is 12.1 Å². The van der Waals surface area contributed by atoms with E-state index in [1.54, 1.807) is 0 Å². The molecule has 0 amide bonds. The van der Waals surface area contributed by atoms with Gasteiger partial charge in [0.1, 0.15) is 0 Å². The van der Waals surface area contributed by atoms with E-state index in [9.17, 15) is 16.8 Å². The summed E-state index contributed by atoms with van der Waals surface area (Å²) < 4.78 is 57.8. The largest absolute Gasteiger partial charge is 0.241 e. The van der Waals surface area contributed by atoms with Gasteiger partial charge >= 0.3 is 0 Å². The van der Waals surface area contributed by atoms with Crippen LogP contribution in [-0.2, 0) is 20.0 Å². The van der Waals surface area contributed by atoms with Crippen LogP contribution in [0.5, 0.6) is 0 Å². The minimum Gasteiger partial charge on any atom is -0.208 e. The molecular weight excluding hydrogens is 444 g/mol. The van der Waals surface area contributed by atoms with E-state index in [0.29, 0.717) is 35.5 Å². The Morgan fingerprint density at radius 3 is 1.06 bits per heavy atom. The fraction of sp³-hybridized carbons (Fsp3) is 0.500. The highest BCUT2D eigenvalue weighted by Gasteiger charge is 2.30. The smallest absolute Gasteiger partial charge is 0.208 e. The summed E-state index contributed by atoms with van der Waals surface area (Å²) in [7, 11) is -7.28. The van der Waals surface area contributed by atoms with Crippen molar-refractivity contribution in [2.75, 3.05) is 0 Å². The first-order chi connectivity index (χ1) is 14.8. The number of nitrogens with one attached hydrogen (secondary N) is 2. The van der Waals surface area contributed by atoms with Crippen LogP contribution in [0.25, 0.3) is 0 Å². The minimum absolute atomic E-state index is 0.205. The van der Waals surface area contributed by atoms with E-state index in [1.165, 1.54) is 0 Å². The lowest BCUT2D eigenvalue weighted by atomic mass is 9.92. The molecule has 3 rings (SSSR count). The lowest BCUT2D eigenvalue weighted by Gasteiger charge is -2.30. The Morgan fingerprint density at radius 1 is 0.562 bits per heavy atom. The van der Waals surface area contributed by atoms with Crippen molar-refractivity contribution in [1.29, 1.82) is 0 Å². The van der Waals surface area contributed by atoms with Gasteiger partial charge in [0.25, 0.3) is 0 Å². The number of sulfonamides is 2. The number of hydrogen-bond donors (Lipinski definition) is 2. The molecule has 2 N–H and O–H groups in total. The molecule has 0 radical (unpaired) electrons. The first-order valence-electron chi connectivity index (χ1n) is 11.0. The maximum atomic E-state index is 13.0. The molecule has 0 atom stereocenters. The van der Waals surface area contributed by atoms with E-state index in [-0.39, 0.29) is 12.1 Å². The van der Waals surface area contributed by atoms with Crippen LogP contribution < -0.4 is 9.44 Å². The third-order valence-electron chi connectivity index (χ3n) is 6.12. The summed E-state index contributed by atoms with van der Waals surface area (Å²) in [6, 6.07) is 7.10. The normalized spacial score (nSPS) is 19.8. The molecule has 0 saturated heterocycles. The van der Waals surface area contributed by atoms with Crippen LogP contribution in [0.4, 0.5) is 0 Å². The van der Waals surface area contributed by atoms with Crippen molar-refractivity contribution < 1.29 is 16.8 Å². The van der Waals surface area contributed by atoms with Gasteiger partial charge in [0.2, 0.25) is 20.0 Å². The maximum Gasteiger partial charge on any atom is 0.241 e. The molecule has 0 aromatic heterocycles. The first-order valence-corrected chi connectivity index (χ1v) is 14.0. The van der Waals surface area contributed by atoms with Crippen molar-refractivity contribution >= 4 is 20.0 Å². The van der Waals surface area contributed by atoms with E-state index in [2.05, 4.69) is 9.44 Å². The van der Waals surface area contributed by atoms with Crippen LogP contribution in [0, 0.1) is 41.5 Å². The first kappa shape index (κ1) is 24.9. The van der Waals surface area contributed by atoms with E-state index in [0.717, 1.165) is 33.4 Å². The van der Waals surface area contributed by atoms with Crippen LogP contribution in [0.3, 0.4) is 0 Å². The molecular formula is C24H34N2O4S2. The van der Waals surface area contributed by atoms with E-state index in [4.69, 9.17) is 0 Å². The summed E-state index contributed by atoms with van der Waals surface area (Å²) in [4.78, 5) is 0.687. The van der Waals surface area contributed by atoms with Crippen LogP contribution in [0.15, 0.2) is 34.1 Å². The third kappa shape index (κ3) is 5.42. The van der Waals surface area contributed by atoms with Gasteiger partial charge in [-0.05, 0) is 89.5 Å². The second kappa shape index (κ2) is 9.25. The summed E-state index contributed by atoms with van der Waals surface area (Å²) in [5.41, 5.74) is 5.01. The average molecular weight is 479 g/mol. The molecule has 176 valence electrons. The van der Waals surface area contributed by atoms with Crippen LogP contribution in [-0.4, -0.2) is 28.9 Å². The second-order valence-corrected chi connectivity index (χ2v) is 12.5. The predicted octanol–water partition coefficient (Wildman–Crippen LogP) is 4.11. The summed E-state index contributed by atoms with van der Waals surface area (Å²) in [5, 5.41) is 0. The number of hydrogen-bond acceptors (Lipinski definition) is 4. The molecule has 32 heavy (non-hydrogen) atoms. The van der Waals surface area contributed by atoms with Gasteiger partial charge in [0.05, 0.1) is 9.79 Å². The van der Waals surface area contributed by atoms with Crippen LogP contribution in [0.1, 0.15) is 59.1 Å². The number of aryl methyl sites for hydroxylation is 6. The highest BCUT2D eigenvalue weighted by molar-refractivity contribution is 7.90. The standard InChI is InChI=1S/C24H34N2O4S2/c1-15-11-17(3)23(18(4)12-15)31(27,28)25-21-7-9-22(10-8-21)26-32(29,30)24-19(5)13-16(2)14-20(24)6/h11-14,21-22,25-26H,7-10H2,1-6H3.